The highest BCUT2D eigenvalue weighted by atomic mass is 31.2. The Kier molecular flexibility index (Phi) is 39.3. The number of aliphatic hydroxyl groups is 2. The van der Waals surface area contributed by atoms with E-state index in [0.717, 1.165) is 38.5 Å². The van der Waals surface area contributed by atoms with Crippen LogP contribution in [0.1, 0.15) is 206 Å². The summed E-state index contributed by atoms with van der Waals surface area (Å²) in [7, 11) is -4.51. The van der Waals surface area contributed by atoms with E-state index in [2.05, 4.69) is 26.0 Å². The summed E-state index contributed by atoms with van der Waals surface area (Å²) in [5.74, 6) is -0.381. The number of phosphoric ester groups is 1. The summed E-state index contributed by atoms with van der Waals surface area (Å²) in [6.45, 7) is 3.53. The molecule has 52 heavy (non-hydrogen) atoms. The predicted octanol–water partition coefficient (Wildman–Crippen LogP) is 11.7. The van der Waals surface area contributed by atoms with Crippen LogP contribution in [0.15, 0.2) is 12.2 Å². The van der Waals surface area contributed by atoms with Crippen LogP contribution in [0.25, 0.3) is 0 Å². The molecule has 0 heterocycles. The minimum atomic E-state index is -4.51. The topological polar surface area (TPSA) is 132 Å². The second kappa shape index (κ2) is 39.9. The van der Waals surface area contributed by atoms with Crippen LogP contribution in [0.5, 0.6) is 0 Å². The van der Waals surface area contributed by atoms with Gasteiger partial charge in [0.25, 0.3) is 0 Å². The number of carbonyl (C=O) groups excluding carboxylic acids is 1. The number of hydrogen-bond donors (Lipinski definition) is 3. The molecule has 0 aliphatic carbocycles. The normalized spacial score (nSPS) is 14.2. The van der Waals surface area contributed by atoms with Crippen molar-refractivity contribution >= 4 is 13.8 Å². The number of esters is 1. The summed E-state index contributed by atoms with van der Waals surface area (Å²) in [6, 6.07) is 0. The third-order valence-electron chi connectivity index (χ3n) is 9.45. The zero-order valence-corrected chi connectivity index (χ0v) is 34.7. The van der Waals surface area contributed by atoms with E-state index in [9.17, 15) is 19.4 Å². The molecule has 3 atom stereocenters. The molecule has 0 rings (SSSR count). The van der Waals surface area contributed by atoms with Crippen molar-refractivity contribution in [2.75, 3.05) is 33.0 Å². The molecule has 0 radical (unpaired) electrons. The van der Waals surface area contributed by atoms with Gasteiger partial charge in [0.2, 0.25) is 0 Å². The van der Waals surface area contributed by atoms with Crippen LogP contribution in [-0.4, -0.2) is 66.3 Å². The fourth-order valence-electron chi connectivity index (χ4n) is 6.12. The summed E-state index contributed by atoms with van der Waals surface area (Å²) in [5, 5.41) is 18.3. The first kappa shape index (κ1) is 51.2. The molecule has 0 aromatic rings. The third kappa shape index (κ3) is 38.9. The Morgan fingerprint density at radius 1 is 0.577 bits per heavy atom. The first-order valence-electron chi connectivity index (χ1n) is 21.7. The van der Waals surface area contributed by atoms with Gasteiger partial charge in [-0.15, -0.1) is 0 Å². The van der Waals surface area contributed by atoms with Crippen LogP contribution in [0, 0.1) is 0 Å². The number of hydrogen-bond acceptors (Lipinski definition) is 8. The van der Waals surface area contributed by atoms with E-state index < -0.39 is 33.2 Å². The summed E-state index contributed by atoms with van der Waals surface area (Å²) in [4.78, 5) is 22.5. The van der Waals surface area contributed by atoms with Gasteiger partial charge < -0.3 is 24.6 Å². The van der Waals surface area contributed by atoms with Crippen LogP contribution in [0.3, 0.4) is 0 Å². The molecule has 0 aliphatic rings. The monoisotopic (exact) mass is 763 g/mol. The number of ether oxygens (including phenoxy) is 2. The molecule has 0 bridgehead atoms. The lowest BCUT2D eigenvalue weighted by molar-refractivity contribution is -0.154. The molecule has 3 unspecified atom stereocenters. The van der Waals surface area contributed by atoms with E-state index in [-0.39, 0.29) is 25.6 Å². The zero-order chi connectivity index (χ0) is 38.2. The summed E-state index contributed by atoms with van der Waals surface area (Å²) in [5.41, 5.74) is 0. The van der Waals surface area contributed by atoms with Gasteiger partial charge >= 0.3 is 13.8 Å². The lowest BCUT2D eigenvalue weighted by atomic mass is 10.1. The van der Waals surface area contributed by atoms with E-state index in [4.69, 9.17) is 23.6 Å². The smallest absolute Gasteiger partial charge is 0.457 e. The Morgan fingerprint density at radius 2 is 0.981 bits per heavy atom. The Labute approximate surface area is 320 Å². The van der Waals surface area contributed by atoms with Gasteiger partial charge in [0.15, 0.2) is 0 Å². The number of carbonyl (C=O) groups is 1. The van der Waals surface area contributed by atoms with E-state index >= 15 is 0 Å². The van der Waals surface area contributed by atoms with Gasteiger partial charge in [0.1, 0.15) is 12.2 Å². The van der Waals surface area contributed by atoms with Crippen molar-refractivity contribution in [3.05, 3.63) is 12.2 Å². The van der Waals surface area contributed by atoms with Crippen LogP contribution in [0.2, 0.25) is 0 Å². The van der Waals surface area contributed by atoms with Gasteiger partial charge in [-0.3, -0.25) is 13.8 Å². The summed E-state index contributed by atoms with van der Waals surface area (Å²) < 4.78 is 33.3. The Hall–Kier alpha value is -0.800. The number of allylic oxidation sites excluding steroid dienone is 2. The maximum absolute atomic E-state index is 12.6. The number of aliphatic hydroxyl groups excluding tert-OH is 2. The van der Waals surface area contributed by atoms with Crippen LogP contribution >= 0.6 is 7.82 Å². The van der Waals surface area contributed by atoms with Gasteiger partial charge in [0.05, 0.1) is 26.4 Å². The lowest BCUT2D eigenvalue weighted by Gasteiger charge is -2.20. The average molecular weight is 763 g/mol. The van der Waals surface area contributed by atoms with Gasteiger partial charge in [0, 0.05) is 13.0 Å². The van der Waals surface area contributed by atoms with Crippen molar-refractivity contribution in [1.29, 1.82) is 0 Å². The zero-order valence-electron chi connectivity index (χ0n) is 33.8. The average Bonchev–Trinajstić information content (AvgIpc) is 3.13. The first-order valence-corrected chi connectivity index (χ1v) is 23.2. The fraction of sp³-hybridized carbons (Fsp3) is 0.929. The van der Waals surface area contributed by atoms with E-state index in [1.807, 2.05) is 0 Å². The summed E-state index contributed by atoms with van der Waals surface area (Å²) >= 11 is 0. The molecule has 0 fully saturated rings. The van der Waals surface area contributed by atoms with E-state index in [1.54, 1.807) is 0 Å². The molecule has 0 saturated heterocycles. The SMILES string of the molecule is CCCCCCCC/C=C\CCCCCCCCCCCCOCC(COP(=O)(O)OCC(O)CO)OC(=O)CCCCCCCCCCCCC. The largest absolute Gasteiger partial charge is 0.472 e. The molecule has 0 spiro atoms. The molecule has 0 aromatic heterocycles. The Bertz CT molecular complexity index is 825. The second-order valence-electron chi connectivity index (χ2n) is 14.7. The highest BCUT2D eigenvalue weighted by Gasteiger charge is 2.26. The van der Waals surface area contributed by atoms with Gasteiger partial charge in [-0.25, -0.2) is 4.57 Å². The van der Waals surface area contributed by atoms with Crippen molar-refractivity contribution in [2.45, 2.75) is 219 Å². The van der Waals surface area contributed by atoms with Gasteiger partial charge in [-0.2, -0.15) is 0 Å². The Morgan fingerprint density at radius 3 is 1.44 bits per heavy atom. The first-order chi connectivity index (χ1) is 25.3. The molecule has 310 valence electrons. The van der Waals surface area contributed by atoms with Crippen molar-refractivity contribution in [2.24, 2.45) is 0 Å². The molecular weight excluding hydrogens is 679 g/mol. The minimum Gasteiger partial charge on any atom is -0.457 e. The molecular formula is C42H83O9P. The molecule has 0 aromatic carbocycles. The molecule has 0 amide bonds. The standard InChI is InChI=1S/C42H83O9P/c1-3-5-7-9-11-13-15-16-17-18-19-20-21-22-23-25-27-29-31-33-35-48-38-41(39-50-52(46,47)49-37-40(44)36-43)51-42(45)34-32-30-28-26-24-14-12-10-8-6-4-2/h16-17,40-41,43-44H,3-15,18-39H2,1-2H3,(H,46,47)/b17-16-. The van der Waals surface area contributed by atoms with Gasteiger partial charge in [-0.1, -0.05) is 174 Å². The molecule has 3 N–H and O–H groups in total. The fourth-order valence-corrected chi connectivity index (χ4v) is 6.91. The maximum Gasteiger partial charge on any atom is 0.472 e. The van der Waals surface area contributed by atoms with Crippen molar-refractivity contribution in [1.82, 2.24) is 0 Å². The van der Waals surface area contributed by atoms with Crippen molar-refractivity contribution in [3.63, 3.8) is 0 Å². The van der Waals surface area contributed by atoms with Crippen LogP contribution in [-0.2, 0) is 27.9 Å². The maximum atomic E-state index is 12.6. The van der Waals surface area contributed by atoms with Gasteiger partial charge in [-0.05, 0) is 38.5 Å². The van der Waals surface area contributed by atoms with Crippen molar-refractivity contribution in [3.8, 4) is 0 Å². The third-order valence-corrected chi connectivity index (χ3v) is 10.4. The van der Waals surface area contributed by atoms with E-state index in [0.29, 0.717) is 6.61 Å². The van der Waals surface area contributed by atoms with E-state index in [1.165, 1.54) is 148 Å². The predicted molar refractivity (Wildman–Crippen MR) is 215 cm³/mol. The highest BCUT2D eigenvalue weighted by Crippen LogP contribution is 2.43. The van der Waals surface area contributed by atoms with Crippen LogP contribution in [0.4, 0.5) is 0 Å². The molecule has 9 nitrogen and oxygen atoms in total. The molecule has 10 heteroatoms. The lowest BCUT2D eigenvalue weighted by Crippen LogP contribution is -2.29. The summed E-state index contributed by atoms with van der Waals surface area (Å²) in [6.07, 6.45) is 38.9. The quantitative estimate of drug-likeness (QED) is 0.0241. The Balaban J connectivity index is 4.07. The minimum absolute atomic E-state index is 0.0537. The highest BCUT2D eigenvalue weighted by molar-refractivity contribution is 7.47. The van der Waals surface area contributed by atoms with Crippen molar-refractivity contribution < 1.29 is 43.0 Å². The number of phosphoric acid groups is 1. The molecule has 0 saturated carbocycles. The number of unbranched alkanes of at least 4 members (excludes halogenated alkanes) is 26. The number of rotatable bonds is 42. The van der Waals surface area contributed by atoms with Crippen LogP contribution < -0.4 is 0 Å². The molecule has 0 aliphatic heterocycles. The second-order valence-corrected chi connectivity index (χ2v) is 16.2.